The Morgan fingerprint density at radius 1 is 1.17 bits per heavy atom. The molecule has 0 unspecified atom stereocenters. The lowest BCUT2D eigenvalue weighted by atomic mass is 10.2. The highest BCUT2D eigenvalue weighted by Crippen LogP contribution is 2.24. The van der Waals surface area contributed by atoms with Gasteiger partial charge in [-0.2, -0.15) is 0 Å². The number of aromatic nitrogens is 2. The Balaban J connectivity index is 1.61. The van der Waals surface area contributed by atoms with E-state index in [-0.39, 0.29) is 5.91 Å². The number of amides is 1. The van der Waals surface area contributed by atoms with Crippen LogP contribution in [-0.2, 0) is 6.54 Å². The average Bonchev–Trinajstić information content (AvgIpc) is 3.19. The molecule has 3 rings (SSSR count). The zero-order valence-electron chi connectivity index (χ0n) is 11.5. The molecule has 1 aromatic carbocycles. The molecule has 0 bridgehead atoms. The van der Waals surface area contributed by atoms with Crippen molar-refractivity contribution in [1.82, 2.24) is 10.2 Å². The van der Waals surface area contributed by atoms with Gasteiger partial charge in [0.05, 0.1) is 22.9 Å². The molecule has 0 radical (unpaired) electrons. The van der Waals surface area contributed by atoms with Crippen LogP contribution in [0.5, 0.6) is 0 Å². The van der Waals surface area contributed by atoms with Gasteiger partial charge in [-0.1, -0.05) is 34.5 Å². The predicted molar refractivity (Wildman–Crippen MR) is 90.4 cm³/mol. The van der Waals surface area contributed by atoms with Crippen molar-refractivity contribution in [2.45, 2.75) is 6.54 Å². The molecule has 0 atom stereocenters. The highest BCUT2D eigenvalue weighted by atomic mass is 35.5. The number of nitrogens with one attached hydrogen (secondary N) is 2. The van der Waals surface area contributed by atoms with E-state index in [4.69, 9.17) is 27.6 Å². The van der Waals surface area contributed by atoms with Crippen molar-refractivity contribution in [1.29, 1.82) is 0 Å². The quantitative estimate of drug-likeness (QED) is 0.701. The van der Waals surface area contributed by atoms with Gasteiger partial charge in [0, 0.05) is 5.56 Å². The summed E-state index contributed by atoms with van der Waals surface area (Å²) in [5.74, 6) is 0.443. The van der Waals surface area contributed by atoms with Crippen LogP contribution in [0.25, 0.3) is 0 Å². The van der Waals surface area contributed by atoms with Gasteiger partial charge in [0.15, 0.2) is 0 Å². The van der Waals surface area contributed by atoms with E-state index in [9.17, 15) is 4.79 Å². The lowest BCUT2D eigenvalue weighted by molar-refractivity contribution is 0.102. The minimum Gasteiger partial charge on any atom is -0.467 e. The topological polar surface area (TPSA) is 80.0 Å². The summed E-state index contributed by atoms with van der Waals surface area (Å²) in [6, 6.07) is 8.30. The van der Waals surface area contributed by atoms with Gasteiger partial charge >= 0.3 is 0 Å². The maximum Gasteiger partial charge on any atom is 0.257 e. The lowest BCUT2D eigenvalue weighted by Crippen LogP contribution is -2.11. The maximum absolute atomic E-state index is 12.1. The molecule has 3 aromatic rings. The van der Waals surface area contributed by atoms with E-state index < -0.39 is 0 Å². The van der Waals surface area contributed by atoms with Crippen molar-refractivity contribution in [2.24, 2.45) is 0 Å². The van der Waals surface area contributed by atoms with E-state index >= 15 is 0 Å². The molecule has 0 aliphatic rings. The number of nitrogens with zero attached hydrogens (tertiary/aromatic N) is 2. The molecule has 1 amide bonds. The van der Waals surface area contributed by atoms with Crippen molar-refractivity contribution in [3.8, 4) is 0 Å². The molecule has 118 valence electrons. The highest BCUT2D eigenvalue weighted by molar-refractivity contribution is 7.19. The maximum atomic E-state index is 12.1. The SMILES string of the molecule is O=C(Nc1nnc(NCc2ccco2)s1)c1ccc(Cl)c(Cl)c1. The second kappa shape index (κ2) is 6.99. The summed E-state index contributed by atoms with van der Waals surface area (Å²) in [5, 5.41) is 15.2. The number of hydrogen-bond acceptors (Lipinski definition) is 6. The van der Waals surface area contributed by atoms with Crippen molar-refractivity contribution >= 4 is 50.7 Å². The largest absolute Gasteiger partial charge is 0.467 e. The second-order valence-electron chi connectivity index (χ2n) is 4.43. The third-order valence-electron chi connectivity index (χ3n) is 2.82. The van der Waals surface area contributed by atoms with Gasteiger partial charge in [-0.15, -0.1) is 10.2 Å². The molecule has 0 saturated carbocycles. The number of benzene rings is 1. The minimum absolute atomic E-state index is 0.317. The molecule has 0 saturated heterocycles. The Labute approximate surface area is 145 Å². The zero-order chi connectivity index (χ0) is 16.2. The zero-order valence-corrected chi connectivity index (χ0v) is 13.9. The summed E-state index contributed by atoms with van der Waals surface area (Å²) in [6.45, 7) is 0.488. The lowest BCUT2D eigenvalue weighted by Gasteiger charge is -2.02. The van der Waals surface area contributed by atoms with E-state index in [2.05, 4.69) is 20.8 Å². The molecule has 23 heavy (non-hydrogen) atoms. The third kappa shape index (κ3) is 4.01. The standard InChI is InChI=1S/C14H10Cl2N4O2S/c15-10-4-3-8(6-11(10)16)12(21)18-14-20-19-13(23-14)17-7-9-2-1-5-22-9/h1-6H,7H2,(H,17,19)(H,18,20,21). The Hall–Kier alpha value is -2.09. The molecular formula is C14H10Cl2N4O2S. The van der Waals surface area contributed by atoms with Crippen LogP contribution >= 0.6 is 34.5 Å². The molecule has 6 nitrogen and oxygen atoms in total. The van der Waals surface area contributed by atoms with Gasteiger partial charge in [-0.3, -0.25) is 10.1 Å². The molecule has 0 spiro atoms. The van der Waals surface area contributed by atoms with Crippen LogP contribution in [0.1, 0.15) is 16.1 Å². The molecule has 0 aliphatic heterocycles. The Morgan fingerprint density at radius 2 is 2.00 bits per heavy atom. The normalized spacial score (nSPS) is 10.5. The first-order valence-corrected chi connectivity index (χ1v) is 8.05. The van der Waals surface area contributed by atoms with Crippen LogP contribution in [0, 0.1) is 0 Å². The highest BCUT2D eigenvalue weighted by Gasteiger charge is 2.12. The number of furan rings is 1. The number of carbonyl (C=O) groups excluding carboxylic acids is 1. The minimum atomic E-state index is -0.336. The fourth-order valence-electron chi connectivity index (χ4n) is 1.73. The molecule has 0 fully saturated rings. The predicted octanol–water partition coefficient (Wildman–Crippen LogP) is 4.30. The van der Waals surface area contributed by atoms with Crippen LogP contribution in [0.2, 0.25) is 10.0 Å². The van der Waals surface area contributed by atoms with Crippen molar-refractivity contribution in [3.05, 3.63) is 58.0 Å². The average molecular weight is 369 g/mol. The van der Waals surface area contributed by atoms with Crippen LogP contribution in [0.3, 0.4) is 0 Å². The summed E-state index contributed by atoms with van der Waals surface area (Å²) in [6.07, 6.45) is 1.60. The summed E-state index contributed by atoms with van der Waals surface area (Å²) in [4.78, 5) is 12.1. The van der Waals surface area contributed by atoms with Crippen LogP contribution in [0.4, 0.5) is 10.3 Å². The van der Waals surface area contributed by atoms with Gasteiger partial charge in [-0.25, -0.2) is 0 Å². The van der Waals surface area contributed by atoms with E-state index in [0.717, 1.165) is 5.76 Å². The number of rotatable bonds is 5. The summed E-state index contributed by atoms with van der Waals surface area (Å²) in [7, 11) is 0. The molecular weight excluding hydrogens is 359 g/mol. The Morgan fingerprint density at radius 3 is 2.74 bits per heavy atom. The van der Waals surface area contributed by atoms with Crippen LogP contribution in [0.15, 0.2) is 41.0 Å². The first-order valence-electron chi connectivity index (χ1n) is 6.48. The van der Waals surface area contributed by atoms with Crippen molar-refractivity contribution < 1.29 is 9.21 Å². The van der Waals surface area contributed by atoms with Gasteiger partial charge in [-0.05, 0) is 30.3 Å². The number of halogens is 2. The molecule has 2 aromatic heterocycles. The van der Waals surface area contributed by atoms with Gasteiger partial charge in [0.25, 0.3) is 5.91 Å². The number of hydrogen-bond donors (Lipinski definition) is 2. The van der Waals surface area contributed by atoms with Crippen LogP contribution in [-0.4, -0.2) is 16.1 Å². The summed E-state index contributed by atoms with van der Waals surface area (Å²) < 4.78 is 5.21. The monoisotopic (exact) mass is 368 g/mol. The van der Waals surface area contributed by atoms with Gasteiger partial charge < -0.3 is 9.73 Å². The van der Waals surface area contributed by atoms with Gasteiger partial charge in [0.2, 0.25) is 10.3 Å². The van der Waals surface area contributed by atoms with Gasteiger partial charge in [0.1, 0.15) is 5.76 Å². The molecule has 0 aliphatic carbocycles. The third-order valence-corrected chi connectivity index (χ3v) is 4.36. The first-order chi connectivity index (χ1) is 11.1. The van der Waals surface area contributed by atoms with E-state index in [1.54, 1.807) is 24.5 Å². The van der Waals surface area contributed by atoms with Crippen molar-refractivity contribution in [3.63, 3.8) is 0 Å². The van der Waals surface area contributed by atoms with E-state index in [0.29, 0.717) is 32.4 Å². The molecule has 2 heterocycles. The summed E-state index contributed by atoms with van der Waals surface area (Å²) >= 11 is 12.9. The van der Waals surface area contributed by atoms with Crippen LogP contribution < -0.4 is 10.6 Å². The molecule has 9 heteroatoms. The second-order valence-corrected chi connectivity index (χ2v) is 6.22. The Kier molecular flexibility index (Phi) is 4.80. The fraction of sp³-hybridized carbons (Fsp3) is 0.0714. The Bertz CT molecular complexity index is 820. The number of anilines is 2. The van der Waals surface area contributed by atoms with Crippen molar-refractivity contribution in [2.75, 3.05) is 10.6 Å². The fourth-order valence-corrected chi connectivity index (χ4v) is 2.66. The smallest absolute Gasteiger partial charge is 0.257 e. The van der Waals surface area contributed by atoms with E-state index in [1.807, 2.05) is 6.07 Å². The first kappa shape index (κ1) is 15.8. The number of carbonyl (C=O) groups is 1. The molecule has 2 N–H and O–H groups in total. The summed E-state index contributed by atoms with van der Waals surface area (Å²) in [5.41, 5.74) is 0.389. The van der Waals surface area contributed by atoms with E-state index in [1.165, 1.54) is 17.4 Å².